The van der Waals surface area contributed by atoms with E-state index in [2.05, 4.69) is 25.5 Å². The molecule has 1 aromatic rings. The molecule has 0 spiro atoms. The third-order valence-corrected chi connectivity index (χ3v) is 9.29. The number of piperazine rings is 1. The van der Waals surface area contributed by atoms with Crippen LogP contribution in [-0.4, -0.2) is 123 Å². The van der Waals surface area contributed by atoms with Gasteiger partial charge >= 0.3 is 6.09 Å². The summed E-state index contributed by atoms with van der Waals surface area (Å²) in [6.07, 6.45) is 2.61. The fraction of sp³-hybridized carbons (Fsp3) is 0.697. The standard InChI is InChI=1S/C33H51Cl2N7O5/c1-24-21-42(26-7-8-27(34)28(35)20-26)38-31(24)37-29(43)6-5-11-36-30(44)23-46-19-18-39-14-16-40(17-15-39)22-25-9-12-41(13-10-25)32(45)47-33(2,3)4/h7-8,20,24-25H,5-6,9-19,21-23H2,1-4H3,(H,36,44)(H,37,38,43). The van der Waals surface area contributed by atoms with Crippen molar-refractivity contribution in [3.63, 3.8) is 0 Å². The number of halogens is 2. The van der Waals surface area contributed by atoms with Gasteiger partial charge in [0.2, 0.25) is 11.8 Å². The summed E-state index contributed by atoms with van der Waals surface area (Å²) in [5, 5.41) is 13.0. The topological polar surface area (TPSA) is 119 Å². The number of hydrogen-bond donors (Lipinski definition) is 2. The molecule has 14 heteroatoms. The number of carbonyl (C=O) groups excluding carboxylic acids is 3. The Morgan fingerprint density at radius 3 is 2.36 bits per heavy atom. The molecule has 12 nitrogen and oxygen atoms in total. The van der Waals surface area contributed by atoms with E-state index in [0.717, 1.165) is 70.9 Å². The second kappa shape index (κ2) is 17.7. The van der Waals surface area contributed by atoms with E-state index in [9.17, 15) is 14.4 Å². The van der Waals surface area contributed by atoms with Crippen molar-refractivity contribution in [2.75, 3.05) is 83.7 Å². The summed E-state index contributed by atoms with van der Waals surface area (Å²) in [6, 6.07) is 5.32. The second-order valence-corrected chi connectivity index (χ2v) is 14.5. The van der Waals surface area contributed by atoms with Gasteiger partial charge in [-0.15, -0.1) is 0 Å². The Bertz CT molecular complexity index is 1240. The number of piperidine rings is 1. The first-order valence-corrected chi connectivity index (χ1v) is 17.5. The fourth-order valence-corrected chi connectivity index (χ4v) is 6.14. The number of amides is 3. The summed E-state index contributed by atoms with van der Waals surface area (Å²) >= 11 is 12.1. The lowest BCUT2D eigenvalue weighted by Crippen LogP contribution is -2.50. The maximum atomic E-state index is 12.5. The van der Waals surface area contributed by atoms with E-state index in [1.54, 1.807) is 17.1 Å². The number of hydrogen-bond acceptors (Lipinski definition) is 9. The van der Waals surface area contributed by atoms with Crippen molar-refractivity contribution in [1.82, 2.24) is 25.3 Å². The van der Waals surface area contributed by atoms with Crippen LogP contribution in [0.25, 0.3) is 0 Å². The number of hydrazone groups is 1. The number of nitrogens with zero attached hydrogens (tertiary/aromatic N) is 5. The van der Waals surface area contributed by atoms with Crippen LogP contribution in [0.2, 0.25) is 10.0 Å². The highest BCUT2D eigenvalue weighted by molar-refractivity contribution is 6.42. The van der Waals surface area contributed by atoms with Gasteiger partial charge in [-0.25, -0.2) is 4.79 Å². The first-order chi connectivity index (χ1) is 22.4. The highest BCUT2D eigenvalue weighted by Crippen LogP contribution is 2.29. The lowest BCUT2D eigenvalue weighted by molar-refractivity contribution is -0.126. The number of nitrogens with one attached hydrogen (secondary N) is 2. The Hall–Kier alpha value is -2.64. The van der Waals surface area contributed by atoms with Gasteiger partial charge in [0.15, 0.2) is 0 Å². The number of benzene rings is 1. The average molecular weight is 697 g/mol. The second-order valence-electron chi connectivity index (χ2n) is 13.7. The third-order valence-electron chi connectivity index (χ3n) is 8.55. The van der Waals surface area contributed by atoms with E-state index in [1.807, 2.05) is 38.7 Å². The maximum absolute atomic E-state index is 12.5. The molecule has 3 amide bonds. The molecular formula is C33H51Cl2N7O5. The zero-order valence-corrected chi connectivity index (χ0v) is 29.7. The van der Waals surface area contributed by atoms with Crippen LogP contribution in [0.15, 0.2) is 23.3 Å². The van der Waals surface area contributed by atoms with E-state index in [-0.39, 0.29) is 36.9 Å². The molecule has 1 aromatic carbocycles. The zero-order valence-electron chi connectivity index (χ0n) is 28.2. The molecule has 0 saturated carbocycles. The monoisotopic (exact) mass is 695 g/mol. The lowest BCUT2D eigenvalue weighted by Gasteiger charge is -2.39. The quantitative estimate of drug-likeness (QED) is 0.315. The average Bonchev–Trinajstić information content (AvgIpc) is 3.38. The summed E-state index contributed by atoms with van der Waals surface area (Å²) in [6.45, 7) is 16.6. The van der Waals surface area contributed by atoms with Crippen molar-refractivity contribution in [1.29, 1.82) is 0 Å². The van der Waals surface area contributed by atoms with E-state index >= 15 is 0 Å². The molecular weight excluding hydrogens is 645 g/mol. The molecule has 3 heterocycles. The van der Waals surface area contributed by atoms with Crippen LogP contribution in [0.5, 0.6) is 0 Å². The highest BCUT2D eigenvalue weighted by atomic mass is 35.5. The molecule has 2 saturated heterocycles. The molecule has 2 N–H and O–H groups in total. The Morgan fingerprint density at radius 2 is 1.68 bits per heavy atom. The Labute approximate surface area is 289 Å². The summed E-state index contributed by atoms with van der Waals surface area (Å²) in [4.78, 5) is 43.7. The first-order valence-electron chi connectivity index (χ1n) is 16.7. The molecule has 262 valence electrons. The lowest BCUT2D eigenvalue weighted by atomic mass is 9.96. The molecule has 2 fully saturated rings. The van der Waals surface area contributed by atoms with Crippen molar-refractivity contribution in [3.05, 3.63) is 28.2 Å². The molecule has 0 radical (unpaired) electrons. The highest BCUT2D eigenvalue weighted by Gasteiger charge is 2.29. The van der Waals surface area contributed by atoms with Gasteiger partial charge in [0.25, 0.3) is 0 Å². The molecule has 0 bridgehead atoms. The molecule has 1 unspecified atom stereocenters. The maximum Gasteiger partial charge on any atom is 0.410 e. The summed E-state index contributed by atoms with van der Waals surface area (Å²) < 4.78 is 11.1. The van der Waals surface area contributed by atoms with Gasteiger partial charge < -0.3 is 29.9 Å². The van der Waals surface area contributed by atoms with Gasteiger partial charge in [0.05, 0.1) is 28.9 Å². The Kier molecular flexibility index (Phi) is 14.0. The largest absolute Gasteiger partial charge is 0.444 e. The SMILES string of the molecule is CC1CN(c2ccc(Cl)c(Cl)c2)N=C1NC(=O)CCCNC(=O)COCCN1CCN(CC2CCN(C(=O)OC(C)(C)C)CC2)CC1. The smallest absolute Gasteiger partial charge is 0.410 e. The number of ether oxygens (including phenoxy) is 2. The van der Waals surface area contributed by atoms with Crippen molar-refractivity contribution < 1.29 is 23.9 Å². The number of carbonyl (C=O) groups is 3. The number of amidine groups is 1. The summed E-state index contributed by atoms with van der Waals surface area (Å²) in [5.74, 6) is 0.947. The molecule has 0 aliphatic carbocycles. The Morgan fingerprint density at radius 1 is 0.979 bits per heavy atom. The number of anilines is 1. The van der Waals surface area contributed by atoms with Crippen molar-refractivity contribution in [2.45, 2.75) is 59.0 Å². The van der Waals surface area contributed by atoms with Gasteiger partial charge in [-0.3, -0.25) is 19.5 Å². The van der Waals surface area contributed by atoms with Gasteiger partial charge in [-0.2, -0.15) is 5.10 Å². The van der Waals surface area contributed by atoms with Crippen LogP contribution in [0.3, 0.4) is 0 Å². The zero-order chi connectivity index (χ0) is 34.0. The van der Waals surface area contributed by atoms with Crippen LogP contribution in [0.4, 0.5) is 10.5 Å². The van der Waals surface area contributed by atoms with E-state index in [0.29, 0.717) is 47.9 Å². The van der Waals surface area contributed by atoms with Gasteiger partial charge in [-0.1, -0.05) is 30.1 Å². The van der Waals surface area contributed by atoms with Crippen LogP contribution < -0.4 is 15.6 Å². The summed E-state index contributed by atoms with van der Waals surface area (Å²) in [7, 11) is 0. The van der Waals surface area contributed by atoms with E-state index in [4.69, 9.17) is 32.7 Å². The molecule has 47 heavy (non-hydrogen) atoms. The Balaban J connectivity index is 1.000. The van der Waals surface area contributed by atoms with Crippen molar-refractivity contribution in [2.24, 2.45) is 16.9 Å². The van der Waals surface area contributed by atoms with E-state index in [1.165, 1.54) is 0 Å². The fourth-order valence-electron chi connectivity index (χ4n) is 5.85. The van der Waals surface area contributed by atoms with Gasteiger partial charge in [0, 0.05) is 71.2 Å². The van der Waals surface area contributed by atoms with E-state index < -0.39 is 5.60 Å². The van der Waals surface area contributed by atoms with Crippen LogP contribution in [0.1, 0.15) is 53.4 Å². The van der Waals surface area contributed by atoms with Gasteiger partial charge in [-0.05, 0) is 64.2 Å². The predicted octanol–water partition coefficient (Wildman–Crippen LogP) is 4.06. The predicted molar refractivity (Wildman–Crippen MR) is 185 cm³/mol. The van der Waals surface area contributed by atoms with Crippen LogP contribution in [-0.2, 0) is 19.1 Å². The first kappa shape index (κ1) is 37.2. The number of rotatable bonds is 12. The molecule has 3 aliphatic heterocycles. The van der Waals surface area contributed by atoms with Crippen molar-refractivity contribution >= 4 is 52.6 Å². The van der Waals surface area contributed by atoms with Crippen LogP contribution >= 0.6 is 23.2 Å². The minimum Gasteiger partial charge on any atom is -0.444 e. The third kappa shape index (κ3) is 12.4. The van der Waals surface area contributed by atoms with Crippen molar-refractivity contribution in [3.8, 4) is 0 Å². The van der Waals surface area contributed by atoms with Gasteiger partial charge in [0.1, 0.15) is 18.0 Å². The number of likely N-dealkylation sites (tertiary alicyclic amines) is 1. The minimum absolute atomic E-state index is 0.00697. The molecule has 1 atom stereocenters. The molecule has 3 aliphatic rings. The molecule has 4 rings (SSSR count). The summed E-state index contributed by atoms with van der Waals surface area (Å²) in [5.41, 5.74) is 0.350. The van der Waals surface area contributed by atoms with Crippen LogP contribution in [0, 0.1) is 11.8 Å². The normalized spacial score (nSPS) is 19.9. The minimum atomic E-state index is -0.460. The molecule has 0 aromatic heterocycles.